The van der Waals surface area contributed by atoms with Gasteiger partial charge in [0, 0.05) is 22.5 Å². The van der Waals surface area contributed by atoms with Crippen LogP contribution in [0.1, 0.15) is 13.8 Å². The molecule has 0 spiro atoms. The van der Waals surface area contributed by atoms with Crippen LogP contribution in [0.25, 0.3) is 0 Å². The van der Waals surface area contributed by atoms with Gasteiger partial charge in [0.05, 0.1) is 5.03 Å². The minimum Gasteiger partial charge on any atom is -0.327 e. The number of aromatic nitrogens is 1. The normalized spacial score (nSPS) is 13.2. The standard InChI is InChI=1S/C10H15BrN2S/c1-7(2)9(12)6-14-10-4-3-8(11)5-13-10/h3-5,7,9H,6,12H2,1-2H3. The van der Waals surface area contributed by atoms with Crippen molar-refractivity contribution in [1.29, 1.82) is 0 Å². The van der Waals surface area contributed by atoms with Crippen molar-refractivity contribution in [3.8, 4) is 0 Å². The maximum Gasteiger partial charge on any atom is 0.0961 e. The second kappa shape index (κ2) is 5.73. The molecule has 1 unspecified atom stereocenters. The van der Waals surface area contributed by atoms with E-state index in [0.29, 0.717) is 5.92 Å². The average molecular weight is 275 g/mol. The Balaban J connectivity index is 2.42. The van der Waals surface area contributed by atoms with Gasteiger partial charge >= 0.3 is 0 Å². The summed E-state index contributed by atoms with van der Waals surface area (Å²) in [6.45, 7) is 4.28. The Hall–Kier alpha value is -0.0600. The van der Waals surface area contributed by atoms with Gasteiger partial charge in [-0.15, -0.1) is 11.8 Å². The summed E-state index contributed by atoms with van der Waals surface area (Å²) in [4.78, 5) is 4.27. The van der Waals surface area contributed by atoms with Crippen LogP contribution in [0, 0.1) is 5.92 Å². The van der Waals surface area contributed by atoms with Gasteiger partial charge in [-0.25, -0.2) is 4.98 Å². The van der Waals surface area contributed by atoms with Crippen molar-refractivity contribution in [1.82, 2.24) is 4.98 Å². The van der Waals surface area contributed by atoms with Gasteiger partial charge < -0.3 is 5.73 Å². The molecule has 0 aromatic carbocycles. The summed E-state index contributed by atoms with van der Waals surface area (Å²) in [6, 6.07) is 4.24. The predicted octanol–water partition coefficient (Wildman–Crippen LogP) is 2.92. The highest BCUT2D eigenvalue weighted by molar-refractivity contribution is 9.10. The maximum atomic E-state index is 5.94. The molecule has 0 aliphatic rings. The Kier molecular flexibility index (Phi) is 4.92. The highest BCUT2D eigenvalue weighted by Crippen LogP contribution is 2.19. The van der Waals surface area contributed by atoms with Gasteiger partial charge in [0.2, 0.25) is 0 Å². The van der Waals surface area contributed by atoms with Crippen molar-refractivity contribution >= 4 is 27.7 Å². The van der Waals surface area contributed by atoms with Crippen LogP contribution >= 0.6 is 27.7 Å². The van der Waals surface area contributed by atoms with Gasteiger partial charge in [0.1, 0.15) is 0 Å². The largest absolute Gasteiger partial charge is 0.327 e. The number of pyridine rings is 1. The predicted molar refractivity (Wildman–Crippen MR) is 65.5 cm³/mol. The Labute approximate surface area is 97.8 Å². The van der Waals surface area contributed by atoms with Crippen LogP contribution in [-0.2, 0) is 0 Å². The van der Waals surface area contributed by atoms with Gasteiger partial charge in [-0.2, -0.15) is 0 Å². The van der Waals surface area contributed by atoms with Gasteiger partial charge in [-0.1, -0.05) is 13.8 Å². The first kappa shape index (κ1) is 12.0. The first-order valence-electron chi connectivity index (χ1n) is 4.59. The summed E-state index contributed by atoms with van der Waals surface area (Å²) in [5.41, 5.74) is 5.94. The fourth-order valence-corrected chi connectivity index (χ4v) is 2.10. The summed E-state index contributed by atoms with van der Waals surface area (Å²) < 4.78 is 1.01. The lowest BCUT2D eigenvalue weighted by Gasteiger charge is -2.14. The molecular formula is C10H15BrN2S. The van der Waals surface area contributed by atoms with Crippen molar-refractivity contribution < 1.29 is 0 Å². The van der Waals surface area contributed by atoms with E-state index in [0.717, 1.165) is 15.3 Å². The van der Waals surface area contributed by atoms with Crippen molar-refractivity contribution in [2.24, 2.45) is 11.7 Å². The molecule has 0 aliphatic heterocycles. The third-order valence-corrected chi connectivity index (χ3v) is 3.54. The van der Waals surface area contributed by atoms with Crippen molar-refractivity contribution in [2.75, 3.05) is 5.75 Å². The molecule has 0 bridgehead atoms. The van der Waals surface area contributed by atoms with E-state index in [1.807, 2.05) is 18.3 Å². The topological polar surface area (TPSA) is 38.9 Å². The van der Waals surface area contributed by atoms with Crippen molar-refractivity contribution in [2.45, 2.75) is 24.9 Å². The minimum absolute atomic E-state index is 0.241. The molecule has 1 aromatic rings. The number of rotatable bonds is 4. The highest BCUT2D eigenvalue weighted by atomic mass is 79.9. The number of nitrogens with zero attached hydrogens (tertiary/aromatic N) is 1. The molecule has 2 nitrogen and oxygen atoms in total. The number of hydrogen-bond acceptors (Lipinski definition) is 3. The number of halogens is 1. The zero-order chi connectivity index (χ0) is 10.6. The third kappa shape index (κ3) is 3.98. The second-order valence-corrected chi connectivity index (χ2v) is 5.49. The molecule has 2 N–H and O–H groups in total. The molecule has 0 radical (unpaired) electrons. The Bertz CT molecular complexity index is 274. The van der Waals surface area contributed by atoms with Gasteiger partial charge in [0.25, 0.3) is 0 Å². The van der Waals surface area contributed by atoms with Gasteiger partial charge in [0.15, 0.2) is 0 Å². The van der Waals surface area contributed by atoms with Crippen LogP contribution in [0.5, 0.6) is 0 Å². The summed E-state index contributed by atoms with van der Waals surface area (Å²) in [5, 5.41) is 1.03. The fourth-order valence-electron chi connectivity index (χ4n) is 0.822. The summed E-state index contributed by atoms with van der Waals surface area (Å²) >= 11 is 5.06. The van der Waals surface area contributed by atoms with E-state index >= 15 is 0 Å². The molecule has 0 fully saturated rings. The number of hydrogen-bond donors (Lipinski definition) is 1. The molecule has 0 amide bonds. The van der Waals surface area contributed by atoms with E-state index in [2.05, 4.69) is 34.8 Å². The van der Waals surface area contributed by atoms with Crippen LogP contribution in [0.4, 0.5) is 0 Å². The van der Waals surface area contributed by atoms with Crippen molar-refractivity contribution in [3.05, 3.63) is 22.8 Å². The average Bonchev–Trinajstić information content (AvgIpc) is 2.16. The lowest BCUT2D eigenvalue weighted by atomic mass is 10.1. The molecule has 1 heterocycles. The monoisotopic (exact) mass is 274 g/mol. The summed E-state index contributed by atoms with van der Waals surface area (Å²) in [5.74, 6) is 1.45. The molecule has 0 saturated heterocycles. The maximum absolute atomic E-state index is 5.94. The number of thioether (sulfide) groups is 1. The first-order chi connectivity index (χ1) is 6.59. The molecular weight excluding hydrogens is 260 g/mol. The first-order valence-corrected chi connectivity index (χ1v) is 6.37. The molecule has 1 rings (SSSR count). The SMILES string of the molecule is CC(C)C(N)CSc1ccc(Br)cn1. The fraction of sp³-hybridized carbons (Fsp3) is 0.500. The second-order valence-electron chi connectivity index (χ2n) is 3.53. The van der Waals surface area contributed by atoms with E-state index in [1.54, 1.807) is 11.8 Å². The van der Waals surface area contributed by atoms with E-state index in [4.69, 9.17) is 5.73 Å². The molecule has 4 heteroatoms. The molecule has 78 valence electrons. The van der Waals surface area contributed by atoms with Gasteiger partial charge in [-0.3, -0.25) is 0 Å². The van der Waals surface area contributed by atoms with Crippen LogP contribution < -0.4 is 5.73 Å². The van der Waals surface area contributed by atoms with E-state index in [-0.39, 0.29) is 6.04 Å². The molecule has 0 aliphatic carbocycles. The molecule has 1 aromatic heterocycles. The third-order valence-electron chi connectivity index (χ3n) is 1.98. The van der Waals surface area contributed by atoms with Crippen LogP contribution in [0.15, 0.2) is 27.8 Å². The lowest BCUT2D eigenvalue weighted by Crippen LogP contribution is -2.28. The van der Waals surface area contributed by atoms with Crippen molar-refractivity contribution in [3.63, 3.8) is 0 Å². The summed E-state index contributed by atoms with van der Waals surface area (Å²) in [6.07, 6.45) is 1.81. The van der Waals surface area contributed by atoms with E-state index in [9.17, 15) is 0 Å². The smallest absolute Gasteiger partial charge is 0.0961 e. The van der Waals surface area contributed by atoms with Crippen LogP contribution in [0.2, 0.25) is 0 Å². The molecule has 1 atom stereocenters. The quantitative estimate of drug-likeness (QED) is 0.859. The molecule has 0 saturated carbocycles. The highest BCUT2D eigenvalue weighted by Gasteiger charge is 2.08. The number of nitrogens with two attached hydrogens (primary N) is 1. The Morgan fingerprint density at radius 1 is 1.50 bits per heavy atom. The van der Waals surface area contributed by atoms with E-state index < -0.39 is 0 Å². The molecule has 14 heavy (non-hydrogen) atoms. The Morgan fingerprint density at radius 3 is 2.71 bits per heavy atom. The van der Waals surface area contributed by atoms with Crippen LogP contribution in [0.3, 0.4) is 0 Å². The van der Waals surface area contributed by atoms with Crippen LogP contribution in [-0.4, -0.2) is 16.8 Å². The zero-order valence-corrected chi connectivity index (χ0v) is 10.8. The minimum atomic E-state index is 0.241. The van der Waals surface area contributed by atoms with Gasteiger partial charge in [-0.05, 0) is 34.0 Å². The Morgan fingerprint density at radius 2 is 2.21 bits per heavy atom. The zero-order valence-electron chi connectivity index (χ0n) is 8.40. The van der Waals surface area contributed by atoms with E-state index in [1.165, 1.54) is 0 Å². The summed E-state index contributed by atoms with van der Waals surface area (Å²) in [7, 11) is 0. The lowest BCUT2D eigenvalue weighted by molar-refractivity contribution is 0.535.